The number of aromatic amines is 1. The van der Waals surface area contributed by atoms with Gasteiger partial charge in [-0.2, -0.15) is 10.5 Å². The SMILES string of the molecule is Cc1ccc(Sc2cc(NC=C(C#N)c3nn[nH]n3)cc([N+](=O)[O-])c2)cc1. The first-order valence-corrected chi connectivity index (χ1v) is 8.51. The number of anilines is 1. The fraction of sp³-hybridized carbons (Fsp3) is 0.0588. The molecule has 134 valence electrons. The standard InChI is InChI=1S/C17H13N7O2S/c1-11-2-4-15(5-3-11)27-16-7-13(6-14(8-16)24(25)26)19-10-12(9-18)17-20-22-23-21-17/h2-8,10,19H,1H3,(H,20,21,22,23). The highest BCUT2D eigenvalue weighted by Crippen LogP contribution is 2.33. The zero-order chi connectivity index (χ0) is 19.2. The number of non-ortho nitro benzene ring substituents is 1. The van der Waals surface area contributed by atoms with E-state index in [1.165, 1.54) is 30.1 Å². The Bertz CT molecular complexity index is 1020. The molecule has 0 amide bonds. The second-order valence-corrected chi connectivity index (χ2v) is 6.58. The minimum absolute atomic E-state index is 0.0546. The van der Waals surface area contributed by atoms with Crippen molar-refractivity contribution in [2.75, 3.05) is 5.32 Å². The van der Waals surface area contributed by atoms with E-state index in [0.717, 1.165) is 10.5 Å². The van der Waals surface area contributed by atoms with Crippen LogP contribution in [0.1, 0.15) is 11.4 Å². The fourth-order valence-electron chi connectivity index (χ4n) is 2.15. The highest BCUT2D eigenvalue weighted by molar-refractivity contribution is 7.99. The number of H-pyrrole nitrogens is 1. The number of rotatable bonds is 6. The van der Waals surface area contributed by atoms with Crippen LogP contribution in [0.4, 0.5) is 11.4 Å². The molecule has 0 unspecified atom stereocenters. The van der Waals surface area contributed by atoms with Crippen molar-refractivity contribution in [2.24, 2.45) is 0 Å². The zero-order valence-corrected chi connectivity index (χ0v) is 14.9. The van der Waals surface area contributed by atoms with Crippen LogP contribution in [-0.4, -0.2) is 25.5 Å². The molecular formula is C17H13N7O2S. The summed E-state index contributed by atoms with van der Waals surface area (Å²) in [6, 6.07) is 14.5. The van der Waals surface area contributed by atoms with E-state index in [2.05, 4.69) is 25.9 Å². The van der Waals surface area contributed by atoms with Crippen molar-refractivity contribution in [1.82, 2.24) is 20.6 Å². The molecule has 0 saturated heterocycles. The number of tetrazole rings is 1. The third-order valence-corrected chi connectivity index (χ3v) is 4.43. The summed E-state index contributed by atoms with van der Waals surface area (Å²) in [5, 5.41) is 36.5. The van der Waals surface area contributed by atoms with Gasteiger partial charge in [-0.25, -0.2) is 0 Å². The number of nitrogens with one attached hydrogen (secondary N) is 2. The van der Waals surface area contributed by atoms with E-state index in [4.69, 9.17) is 0 Å². The predicted molar refractivity (Wildman–Crippen MR) is 99.8 cm³/mol. The first-order chi connectivity index (χ1) is 13.0. The lowest BCUT2D eigenvalue weighted by molar-refractivity contribution is -0.385. The molecule has 10 heteroatoms. The summed E-state index contributed by atoms with van der Waals surface area (Å²) in [7, 11) is 0. The van der Waals surface area contributed by atoms with Gasteiger partial charge in [-0.15, -0.1) is 10.2 Å². The quantitative estimate of drug-likeness (QED) is 0.377. The van der Waals surface area contributed by atoms with Gasteiger partial charge in [-0.05, 0) is 30.3 Å². The molecule has 2 aromatic carbocycles. The van der Waals surface area contributed by atoms with E-state index in [9.17, 15) is 15.4 Å². The van der Waals surface area contributed by atoms with Crippen LogP contribution in [-0.2, 0) is 0 Å². The molecule has 0 saturated carbocycles. The minimum atomic E-state index is -0.460. The van der Waals surface area contributed by atoms with E-state index in [1.807, 2.05) is 37.3 Å². The molecule has 2 N–H and O–H groups in total. The van der Waals surface area contributed by atoms with Crippen LogP contribution in [0.2, 0.25) is 0 Å². The summed E-state index contributed by atoms with van der Waals surface area (Å²) in [5.41, 5.74) is 1.69. The van der Waals surface area contributed by atoms with E-state index >= 15 is 0 Å². The van der Waals surface area contributed by atoms with Crippen molar-refractivity contribution in [1.29, 1.82) is 5.26 Å². The Morgan fingerprint density at radius 2 is 2.07 bits per heavy atom. The normalized spacial score (nSPS) is 11.0. The Morgan fingerprint density at radius 1 is 1.30 bits per heavy atom. The number of benzene rings is 2. The summed E-state index contributed by atoms with van der Waals surface area (Å²) >= 11 is 1.41. The van der Waals surface area contributed by atoms with Gasteiger partial charge in [0.1, 0.15) is 11.6 Å². The number of aryl methyl sites for hydroxylation is 1. The van der Waals surface area contributed by atoms with Crippen LogP contribution in [0.25, 0.3) is 5.57 Å². The molecule has 3 rings (SSSR count). The summed E-state index contributed by atoms with van der Waals surface area (Å²) in [6.07, 6.45) is 1.38. The van der Waals surface area contributed by atoms with Gasteiger partial charge in [-0.3, -0.25) is 10.1 Å². The molecule has 0 aliphatic carbocycles. The number of nitro groups is 1. The van der Waals surface area contributed by atoms with Gasteiger partial charge in [0.2, 0.25) is 5.82 Å². The number of allylic oxidation sites excluding steroid dienone is 1. The molecule has 0 fully saturated rings. The molecule has 1 heterocycles. The zero-order valence-electron chi connectivity index (χ0n) is 14.1. The Hall–Kier alpha value is -3.71. The van der Waals surface area contributed by atoms with Crippen molar-refractivity contribution in [3.05, 3.63) is 70.2 Å². The average molecular weight is 379 g/mol. The number of nitriles is 1. The third kappa shape index (κ3) is 4.68. The summed E-state index contributed by atoms with van der Waals surface area (Å²) in [5.74, 6) is 0.129. The first kappa shape index (κ1) is 18.1. The van der Waals surface area contributed by atoms with E-state index in [1.54, 1.807) is 6.07 Å². The first-order valence-electron chi connectivity index (χ1n) is 7.70. The maximum atomic E-state index is 11.3. The van der Waals surface area contributed by atoms with E-state index < -0.39 is 4.92 Å². The van der Waals surface area contributed by atoms with Gasteiger partial charge in [-0.1, -0.05) is 29.5 Å². The van der Waals surface area contributed by atoms with Gasteiger partial charge in [0.15, 0.2) is 0 Å². The minimum Gasteiger partial charge on any atom is -0.360 e. The molecule has 0 aliphatic rings. The maximum absolute atomic E-state index is 11.3. The second kappa shape index (κ2) is 8.11. The van der Waals surface area contributed by atoms with Crippen molar-refractivity contribution >= 4 is 28.7 Å². The van der Waals surface area contributed by atoms with Gasteiger partial charge in [0.25, 0.3) is 5.69 Å². The summed E-state index contributed by atoms with van der Waals surface area (Å²) in [6.45, 7) is 1.99. The third-order valence-electron chi connectivity index (χ3n) is 3.45. The van der Waals surface area contributed by atoms with Gasteiger partial charge >= 0.3 is 0 Å². The Morgan fingerprint density at radius 3 is 2.70 bits per heavy atom. The van der Waals surface area contributed by atoms with E-state index in [-0.39, 0.29) is 17.1 Å². The molecule has 3 aromatic rings. The Labute approximate surface area is 158 Å². The highest BCUT2D eigenvalue weighted by Gasteiger charge is 2.11. The molecule has 0 radical (unpaired) electrons. The topological polar surface area (TPSA) is 133 Å². The summed E-state index contributed by atoms with van der Waals surface area (Å²) < 4.78 is 0. The molecule has 0 bridgehead atoms. The second-order valence-electron chi connectivity index (χ2n) is 5.44. The van der Waals surface area contributed by atoms with E-state index in [0.29, 0.717) is 10.6 Å². The average Bonchev–Trinajstić information content (AvgIpc) is 3.18. The van der Waals surface area contributed by atoms with Crippen LogP contribution in [0.5, 0.6) is 0 Å². The fourth-order valence-corrected chi connectivity index (χ4v) is 3.06. The van der Waals surface area contributed by atoms with Crippen LogP contribution in [0.15, 0.2) is 58.5 Å². The smallest absolute Gasteiger partial charge is 0.272 e. The number of nitro benzene ring substituents is 1. The lowest BCUT2D eigenvalue weighted by Gasteiger charge is -2.07. The number of hydrogen-bond acceptors (Lipinski definition) is 8. The molecule has 27 heavy (non-hydrogen) atoms. The molecule has 0 aliphatic heterocycles. The predicted octanol–water partition coefficient (Wildman–Crippen LogP) is 3.54. The monoisotopic (exact) mass is 379 g/mol. The molecule has 1 aromatic heterocycles. The van der Waals surface area contributed by atoms with Crippen molar-refractivity contribution in [3.63, 3.8) is 0 Å². The molecule has 0 spiro atoms. The van der Waals surface area contributed by atoms with Crippen LogP contribution >= 0.6 is 11.8 Å². The van der Waals surface area contributed by atoms with Gasteiger partial charge < -0.3 is 5.32 Å². The molecule has 9 nitrogen and oxygen atoms in total. The number of nitrogens with zero attached hydrogens (tertiary/aromatic N) is 5. The van der Waals surface area contributed by atoms with Gasteiger partial charge in [0.05, 0.1) is 4.92 Å². The number of aromatic nitrogens is 4. The molecular weight excluding hydrogens is 366 g/mol. The van der Waals surface area contributed by atoms with Crippen molar-refractivity contribution in [3.8, 4) is 6.07 Å². The number of hydrogen-bond donors (Lipinski definition) is 2. The van der Waals surface area contributed by atoms with Crippen molar-refractivity contribution < 1.29 is 4.92 Å². The van der Waals surface area contributed by atoms with Crippen molar-refractivity contribution in [2.45, 2.75) is 16.7 Å². The largest absolute Gasteiger partial charge is 0.360 e. The van der Waals surface area contributed by atoms with Crippen LogP contribution in [0.3, 0.4) is 0 Å². The van der Waals surface area contributed by atoms with Gasteiger partial charge in [0, 0.05) is 33.8 Å². The lowest BCUT2D eigenvalue weighted by atomic mass is 10.2. The molecule has 0 atom stereocenters. The maximum Gasteiger partial charge on any atom is 0.272 e. The highest BCUT2D eigenvalue weighted by atomic mass is 32.2. The van der Waals surface area contributed by atoms with Crippen LogP contribution in [0, 0.1) is 28.4 Å². The Kier molecular flexibility index (Phi) is 5.44. The lowest BCUT2D eigenvalue weighted by Crippen LogP contribution is -1.95. The summed E-state index contributed by atoms with van der Waals surface area (Å²) in [4.78, 5) is 12.5. The van der Waals surface area contributed by atoms with Crippen LogP contribution < -0.4 is 5.32 Å². The Balaban J connectivity index is 1.88.